The lowest BCUT2D eigenvalue weighted by atomic mass is 10.1. The van der Waals surface area contributed by atoms with Crippen molar-refractivity contribution in [3.8, 4) is 0 Å². The van der Waals surface area contributed by atoms with Crippen molar-refractivity contribution in [3.05, 3.63) is 33.1 Å². The molecule has 11 nitrogen and oxygen atoms in total. The molecule has 1 saturated heterocycles. The number of hydrogen-bond donors (Lipinski definition) is 5. The predicted octanol–water partition coefficient (Wildman–Crippen LogP) is -3.45. The quantitative estimate of drug-likeness (QED) is 0.335. The molecule has 5 N–H and O–H groups in total. The summed E-state index contributed by atoms with van der Waals surface area (Å²) < 4.78 is 22.5. The van der Waals surface area contributed by atoms with Gasteiger partial charge in [0.15, 0.2) is 6.23 Å². The van der Waals surface area contributed by atoms with Crippen molar-refractivity contribution in [3.63, 3.8) is 0 Å². The number of aromatic nitrogens is 2. The monoisotopic (exact) mass is 374 g/mol. The number of alkyl halides is 1. The molecule has 1 aromatic rings. The summed E-state index contributed by atoms with van der Waals surface area (Å²) in [5.41, 5.74) is -2.43. The number of ether oxygens (including phenoxy) is 1. The first kappa shape index (κ1) is 18.2. The Morgan fingerprint density at radius 2 is 1.96 bits per heavy atom. The van der Waals surface area contributed by atoms with Crippen LogP contribution in [0.15, 0.2) is 21.9 Å². The van der Waals surface area contributed by atoms with Gasteiger partial charge in [0.05, 0.1) is 0 Å². The van der Waals surface area contributed by atoms with Crippen LogP contribution in [0.25, 0.3) is 0 Å². The van der Waals surface area contributed by atoms with Gasteiger partial charge in [-0.1, -0.05) is 4.73 Å². The molecule has 1 aromatic heterocycles. The van der Waals surface area contributed by atoms with E-state index in [0.29, 0.717) is 4.57 Å². The highest BCUT2D eigenvalue weighted by Crippen LogP contribution is 2.32. The second-order valence-electron chi connectivity index (χ2n) is 4.56. The van der Waals surface area contributed by atoms with E-state index in [0.717, 1.165) is 12.3 Å². The molecule has 0 aliphatic carbocycles. The van der Waals surface area contributed by atoms with Crippen LogP contribution in [0.2, 0.25) is 0 Å². The maximum Gasteiger partial charge on any atom is 0.395 e. The van der Waals surface area contributed by atoms with Crippen LogP contribution in [0.3, 0.4) is 0 Å². The van der Waals surface area contributed by atoms with Gasteiger partial charge in [-0.2, -0.15) is 0 Å². The Hall–Kier alpha value is -1.18. The molecule has 0 spiro atoms. The molecule has 0 bridgehead atoms. The number of nitrogens with zero attached hydrogens (tertiary/aromatic N) is 2. The summed E-state index contributed by atoms with van der Waals surface area (Å²) in [7, 11) is 0. The third-order valence-electron chi connectivity index (χ3n) is 2.98. The fraction of sp³-hybridized carbons (Fsp3) is 0.556. The molecular weight excluding hydrogens is 362 g/mol. The van der Waals surface area contributed by atoms with E-state index >= 15 is 0 Å². The van der Waals surface area contributed by atoms with Gasteiger partial charge in [0, 0.05) is 24.1 Å². The van der Waals surface area contributed by atoms with E-state index in [1.165, 1.54) is 0 Å². The van der Waals surface area contributed by atoms with Gasteiger partial charge >= 0.3 is 12.4 Å². The lowest BCUT2D eigenvalue weighted by Gasteiger charge is -2.19. The Balaban J connectivity index is 2.46. The van der Waals surface area contributed by atoms with Crippen molar-refractivity contribution in [2.45, 2.75) is 30.9 Å². The van der Waals surface area contributed by atoms with Crippen LogP contribution in [-0.2, 0) is 16.5 Å². The highest BCUT2D eigenvalue weighted by molar-refractivity contribution is 8.06. The average molecular weight is 374 g/mol. The van der Waals surface area contributed by atoms with Gasteiger partial charge in [-0.25, -0.2) is 9.18 Å². The third-order valence-corrected chi connectivity index (χ3v) is 3.56. The van der Waals surface area contributed by atoms with Gasteiger partial charge in [0.25, 0.3) is 5.56 Å². The molecule has 0 aromatic carbocycles. The van der Waals surface area contributed by atoms with Gasteiger partial charge in [-0.15, -0.1) is 0 Å². The van der Waals surface area contributed by atoms with Crippen molar-refractivity contribution < 1.29 is 38.9 Å². The number of aliphatic hydroxyl groups excluding tert-OH is 3. The molecule has 1 unspecified atom stereocenters. The minimum atomic E-state index is -4.42. The van der Waals surface area contributed by atoms with E-state index in [9.17, 15) is 24.2 Å². The first-order chi connectivity index (χ1) is 10.5. The molecule has 130 valence electrons. The minimum Gasteiger partial charge on any atom is -0.387 e. The van der Waals surface area contributed by atoms with E-state index in [1.54, 1.807) is 0 Å². The molecule has 23 heavy (non-hydrogen) atoms. The van der Waals surface area contributed by atoms with Gasteiger partial charge in [-0.3, -0.25) is 9.36 Å². The Kier molecular flexibility index (Phi) is 5.03. The van der Waals surface area contributed by atoms with Crippen LogP contribution in [0, 0.1) is 0 Å². The number of rotatable bonds is 4. The highest BCUT2D eigenvalue weighted by Gasteiger charge is 2.47. The van der Waals surface area contributed by atoms with E-state index in [1.807, 2.05) is 0 Å². The largest absolute Gasteiger partial charge is 0.395 e. The zero-order valence-electron chi connectivity index (χ0n) is 11.0. The molecule has 1 fully saturated rings. The standard InChI is InChI=1S/C9H12FN2O9PS/c10-7(16)6-4(14)5(15)8(20-6)11-2-1-3(13)12(9(11)17)21-22(18,19)23/h1-2,4-8,14-16H,(H2,18,19,23)/t4-,5+,6-,7?,8+/m0/s1. The topological polar surface area (TPSA) is 164 Å². The Bertz CT molecular complexity index is 745. The lowest BCUT2D eigenvalue weighted by molar-refractivity contribution is -0.131. The van der Waals surface area contributed by atoms with E-state index in [4.69, 9.17) is 19.6 Å². The molecular formula is C9H12FN2O9PS. The van der Waals surface area contributed by atoms with Gasteiger partial charge in [0.2, 0.25) is 6.36 Å². The fourth-order valence-corrected chi connectivity index (χ4v) is 2.56. The van der Waals surface area contributed by atoms with Gasteiger partial charge in [0.1, 0.15) is 18.3 Å². The van der Waals surface area contributed by atoms with Crippen molar-refractivity contribution in [1.29, 1.82) is 0 Å². The second kappa shape index (κ2) is 6.37. The van der Waals surface area contributed by atoms with Gasteiger partial charge < -0.3 is 34.5 Å². The first-order valence-electron chi connectivity index (χ1n) is 5.96. The first-order valence-corrected chi connectivity index (χ1v) is 8.59. The predicted molar refractivity (Wildman–Crippen MR) is 73.3 cm³/mol. The van der Waals surface area contributed by atoms with Crippen molar-refractivity contribution in [2.75, 3.05) is 0 Å². The van der Waals surface area contributed by atoms with Crippen LogP contribution >= 0.6 is 6.72 Å². The molecule has 0 saturated carbocycles. The summed E-state index contributed by atoms with van der Waals surface area (Å²) in [6.07, 6.45) is -8.96. The van der Waals surface area contributed by atoms with E-state index in [-0.39, 0.29) is 4.73 Å². The summed E-state index contributed by atoms with van der Waals surface area (Å²) in [4.78, 5) is 41.7. The van der Waals surface area contributed by atoms with Crippen molar-refractivity contribution >= 4 is 18.5 Å². The highest BCUT2D eigenvalue weighted by atomic mass is 32.5. The summed E-state index contributed by atoms with van der Waals surface area (Å²) in [6, 6.07) is 0.744. The van der Waals surface area contributed by atoms with E-state index in [2.05, 4.69) is 16.4 Å². The minimum absolute atomic E-state index is 0.0809. The zero-order chi connectivity index (χ0) is 17.5. The molecule has 1 aliphatic rings. The lowest BCUT2D eigenvalue weighted by Crippen LogP contribution is -2.45. The normalized spacial score (nSPS) is 29.5. The molecule has 2 rings (SSSR count). The van der Waals surface area contributed by atoms with Crippen molar-refractivity contribution in [1.82, 2.24) is 9.30 Å². The fourth-order valence-electron chi connectivity index (χ4n) is 1.99. The average Bonchev–Trinajstić information content (AvgIpc) is 2.71. The van der Waals surface area contributed by atoms with Crippen LogP contribution in [-0.4, -0.2) is 59.1 Å². The van der Waals surface area contributed by atoms with Crippen LogP contribution in [0.5, 0.6) is 0 Å². The Morgan fingerprint density at radius 3 is 2.43 bits per heavy atom. The SMILES string of the molecule is O=c1ccn([C@@H]2O[C@H](C(O)F)[C@@H](O)[C@H]2O)c(=O)n1OP(O)(O)=S. The van der Waals surface area contributed by atoms with Crippen LogP contribution in [0.4, 0.5) is 4.39 Å². The maximum atomic E-state index is 12.9. The second-order valence-corrected chi connectivity index (χ2v) is 7.13. The molecule has 2 heterocycles. The zero-order valence-corrected chi connectivity index (χ0v) is 12.7. The molecule has 5 atom stereocenters. The van der Waals surface area contributed by atoms with E-state index < -0.39 is 48.9 Å². The molecule has 0 radical (unpaired) electrons. The van der Waals surface area contributed by atoms with Crippen molar-refractivity contribution in [2.24, 2.45) is 0 Å². The number of hydrogen-bond acceptors (Lipinski definition) is 8. The summed E-state index contributed by atoms with van der Waals surface area (Å²) in [6.45, 7) is -4.42. The van der Waals surface area contributed by atoms with Gasteiger partial charge in [-0.05, 0) is 0 Å². The third kappa shape index (κ3) is 3.67. The summed E-state index contributed by atoms with van der Waals surface area (Å²) in [5, 5.41) is 28.2. The Morgan fingerprint density at radius 1 is 1.35 bits per heavy atom. The number of halogens is 1. The smallest absolute Gasteiger partial charge is 0.387 e. The summed E-state index contributed by atoms with van der Waals surface area (Å²) >= 11 is 4.15. The van der Waals surface area contributed by atoms with Crippen LogP contribution < -0.4 is 15.9 Å². The molecule has 1 aliphatic heterocycles. The maximum absolute atomic E-state index is 12.9. The molecule has 14 heteroatoms. The summed E-state index contributed by atoms with van der Waals surface area (Å²) in [5.74, 6) is 0. The van der Waals surface area contributed by atoms with Crippen LogP contribution in [0.1, 0.15) is 6.23 Å². The number of aliphatic hydroxyl groups is 3. The molecule has 0 amide bonds. The Labute approximate surface area is 131 Å².